The van der Waals surface area contributed by atoms with Crippen LogP contribution in [-0.4, -0.2) is 47.2 Å². The van der Waals surface area contributed by atoms with E-state index < -0.39 is 0 Å². The van der Waals surface area contributed by atoms with E-state index in [2.05, 4.69) is 9.88 Å². The van der Waals surface area contributed by atoms with Crippen molar-refractivity contribution in [3.05, 3.63) is 23.6 Å². The second kappa shape index (κ2) is 5.43. The normalized spacial score (nSPS) is 24.3. The van der Waals surface area contributed by atoms with E-state index in [1.807, 2.05) is 4.90 Å². The standard InChI is InChI=1S/C14H20FN3O/c15-13-11(10-19)4-5-16-14(13)18-8-2-7-17-6-1-3-12(17)9-18/h4-5,12,19H,1-3,6-10H2. The molecule has 0 spiro atoms. The first kappa shape index (κ1) is 12.8. The predicted octanol–water partition coefficient (Wildman–Crippen LogP) is 1.39. The Morgan fingerprint density at radius 2 is 2.16 bits per heavy atom. The van der Waals surface area contributed by atoms with E-state index in [0.717, 1.165) is 26.1 Å². The van der Waals surface area contributed by atoms with Gasteiger partial charge in [-0.1, -0.05) is 0 Å². The summed E-state index contributed by atoms with van der Waals surface area (Å²) in [6, 6.07) is 2.07. The van der Waals surface area contributed by atoms with Crippen molar-refractivity contribution in [2.75, 3.05) is 31.1 Å². The molecule has 104 valence electrons. The topological polar surface area (TPSA) is 39.6 Å². The number of halogens is 1. The van der Waals surface area contributed by atoms with Crippen LogP contribution >= 0.6 is 0 Å². The van der Waals surface area contributed by atoms with E-state index in [1.54, 1.807) is 12.3 Å². The number of hydrogen-bond donors (Lipinski definition) is 1. The van der Waals surface area contributed by atoms with Crippen LogP contribution in [0.5, 0.6) is 0 Å². The van der Waals surface area contributed by atoms with Crippen LogP contribution < -0.4 is 4.90 Å². The smallest absolute Gasteiger partial charge is 0.171 e. The van der Waals surface area contributed by atoms with Gasteiger partial charge in [0.2, 0.25) is 0 Å². The highest BCUT2D eigenvalue weighted by molar-refractivity contribution is 5.43. The zero-order chi connectivity index (χ0) is 13.2. The molecule has 1 unspecified atom stereocenters. The summed E-state index contributed by atoms with van der Waals surface area (Å²) >= 11 is 0. The van der Waals surface area contributed by atoms with Gasteiger partial charge in [-0.2, -0.15) is 0 Å². The number of aliphatic hydroxyl groups excluding tert-OH is 1. The lowest BCUT2D eigenvalue weighted by atomic mass is 10.2. The van der Waals surface area contributed by atoms with Crippen molar-refractivity contribution in [3.63, 3.8) is 0 Å². The fourth-order valence-electron chi connectivity index (χ4n) is 3.21. The molecule has 3 rings (SSSR count). The molecule has 2 aliphatic rings. The van der Waals surface area contributed by atoms with E-state index in [4.69, 9.17) is 5.11 Å². The molecule has 2 fully saturated rings. The molecule has 0 aromatic carbocycles. The Labute approximate surface area is 112 Å². The number of fused-ring (bicyclic) bond motifs is 1. The Morgan fingerprint density at radius 3 is 3.00 bits per heavy atom. The van der Waals surface area contributed by atoms with Crippen LogP contribution in [0.2, 0.25) is 0 Å². The van der Waals surface area contributed by atoms with Crippen LogP contribution in [0.1, 0.15) is 24.8 Å². The molecule has 4 nitrogen and oxygen atoms in total. The summed E-state index contributed by atoms with van der Waals surface area (Å²) in [6.45, 7) is 3.68. The van der Waals surface area contributed by atoms with Gasteiger partial charge in [-0.3, -0.25) is 4.90 Å². The second-order valence-electron chi connectivity index (χ2n) is 5.40. The number of aliphatic hydroxyl groups is 1. The van der Waals surface area contributed by atoms with Crippen molar-refractivity contribution < 1.29 is 9.50 Å². The highest BCUT2D eigenvalue weighted by Crippen LogP contribution is 2.26. The number of rotatable bonds is 2. The van der Waals surface area contributed by atoms with Crippen molar-refractivity contribution in [1.29, 1.82) is 0 Å². The van der Waals surface area contributed by atoms with Gasteiger partial charge < -0.3 is 10.0 Å². The number of aromatic nitrogens is 1. The van der Waals surface area contributed by atoms with E-state index in [-0.39, 0.29) is 12.4 Å². The van der Waals surface area contributed by atoms with Gasteiger partial charge in [0.15, 0.2) is 11.6 Å². The van der Waals surface area contributed by atoms with Gasteiger partial charge in [-0.15, -0.1) is 0 Å². The Kier molecular flexibility index (Phi) is 3.66. The Morgan fingerprint density at radius 1 is 1.32 bits per heavy atom. The van der Waals surface area contributed by atoms with Crippen molar-refractivity contribution in [2.24, 2.45) is 0 Å². The number of hydrogen-bond acceptors (Lipinski definition) is 4. The third-order valence-corrected chi connectivity index (χ3v) is 4.22. The van der Waals surface area contributed by atoms with Crippen LogP contribution in [0, 0.1) is 5.82 Å². The minimum Gasteiger partial charge on any atom is -0.392 e. The minimum absolute atomic E-state index is 0.273. The quantitative estimate of drug-likeness (QED) is 0.877. The van der Waals surface area contributed by atoms with Crippen LogP contribution in [-0.2, 0) is 6.61 Å². The Bertz CT molecular complexity index is 454. The average Bonchev–Trinajstić information content (AvgIpc) is 2.77. The molecule has 1 atom stereocenters. The number of nitrogens with zero attached hydrogens (tertiary/aromatic N) is 3. The maximum absolute atomic E-state index is 14.3. The fraction of sp³-hybridized carbons (Fsp3) is 0.643. The summed E-state index contributed by atoms with van der Waals surface area (Å²) in [5, 5.41) is 9.15. The first-order chi connectivity index (χ1) is 9.29. The summed E-state index contributed by atoms with van der Waals surface area (Å²) in [6.07, 6.45) is 5.06. The molecule has 1 N–H and O–H groups in total. The number of pyridine rings is 1. The summed E-state index contributed by atoms with van der Waals surface area (Å²) in [5.41, 5.74) is 0.331. The molecule has 19 heavy (non-hydrogen) atoms. The molecule has 2 saturated heterocycles. The van der Waals surface area contributed by atoms with Crippen LogP contribution in [0.15, 0.2) is 12.3 Å². The van der Waals surface area contributed by atoms with Gasteiger partial charge >= 0.3 is 0 Å². The molecule has 2 aliphatic heterocycles. The van der Waals surface area contributed by atoms with Crippen LogP contribution in [0.25, 0.3) is 0 Å². The fourth-order valence-corrected chi connectivity index (χ4v) is 3.21. The van der Waals surface area contributed by atoms with E-state index in [1.165, 1.54) is 19.4 Å². The van der Waals surface area contributed by atoms with Gasteiger partial charge in [0.05, 0.1) is 6.61 Å². The molecule has 0 aliphatic carbocycles. The van der Waals surface area contributed by atoms with Crippen molar-refractivity contribution in [3.8, 4) is 0 Å². The molecule has 0 saturated carbocycles. The minimum atomic E-state index is -0.364. The molecular formula is C14H20FN3O. The Hall–Kier alpha value is -1.20. The molecular weight excluding hydrogens is 245 g/mol. The lowest BCUT2D eigenvalue weighted by Crippen LogP contribution is -2.37. The third-order valence-electron chi connectivity index (χ3n) is 4.22. The SMILES string of the molecule is OCc1ccnc(N2CCCN3CCCC3C2)c1F. The van der Waals surface area contributed by atoms with Gasteiger partial charge in [0, 0.05) is 37.4 Å². The van der Waals surface area contributed by atoms with Crippen molar-refractivity contribution in [1.82, 2.24) is 9.88 Å². The van der Waals surface area contributed by atoms with Gasteiger partial charge in [0.1, 0.15) is 0 Å². The monoisotopic (exact) mass is 265 g/mol. The molecule has 5 heteroatoms. The largest absolute Gasteiger partial charge is 0.392 e. The lowest BCUT2D eigenvalue weighted by Gasteiger charge is -2.27. The van der Waals surface area contributed by atoms with E-state index >= 15 is 0 Å². The van der Waals surface area contributed by atoms with Gasteiger partial charge in [-0.25, -0.2) is 9.37 Å². The predicted molar refractivity (Wildman–Crippen MR) is 71.5 cm³/mol. The summed E-state index contributed by atoms with van der Waals surface area (Å²) < 4.78 is 14.3. The van der Waals surface area contributed by atoms with E-state index in [0.29, 0.717) is 17.4 Å². The first-order valence-electron chi connectivity index (χ1n) is 7.03. The highest BCUT2D eigenvalue weighted by Gasteiger charge is 2.30. The molecule has 0 amide bonds. The Balaban J connectivity index is 1.85. The third kappa shape index (κ3) is 2.44. The lowest BCUT2D eigenvalue weighted by molar-refractivity contribution is 0.272. The second-order valence-corrected chi connectivity index (χ2v) is 5.40. The maximum Gasteiger partial charge on any atom is 0.171 e. The van der Waals surface area contributed by atoms with E-state index in [9.17, 15) is 4.39 Å². The molecule has 1 aromatic rings. The van der Waals surface area contributed by atoms with Gasteiger partial charge in [0.25, 0.3) is 0 Å². The van der Waals surface area contributed by atoms with Gasteiger partial charge in [-0.05, 0) is 31.9 Å². The molecule has 0 bridgehead atoms. The molecule has 1 aromatic heterocycles. The summed E-state index contributed by atoms with van der Waals surface area (Å²) in [4.78, 5) is 8.74. The average molecular weight is 265 g/mol. The summed E-state index contributed by atoms with van der Waals surface area (Å²) in [5.74, 6) is 0.0387. The van der Waals surface area contributed by atoms with Crippen LogP contribution in [0.4, 0.5) is 10.2 Å². The zero-order valence-corrected chi connectivity index (χ0v) is 11.1. The first-order valence-corrected chi connectivity index (χ1v) is 7.03. The summed E-state index contributed by atoms with van der Waals surface area (Å²) in [7, 11) is 0. The number of anilines is 1. The highest BCUT2D eigenvalue weighted by atomic mass is 19.1. The molecule has 3 heterocycles. The van der Waals surface area contributed by atoms with Crippen LogP contribution in [0.3, 0.4) is 0 Å². The van der Waals surface area contributed by atoms with Crippen molar-refractivity contribution in [2.45, 2.75) is 31.9 Å². The molecule has 0 radical (unpaired) electrons. The zero-order valence-electron chi connectivity index (χ0n) is 11.1. The van der Waals surface area contributed by atoms with Crippen molar-refractivity contribution >= 4 is 5.82 Å². The maximum atomic E-state index is 14.3.